The normalized spacial score (nSPS) is 17.3. The first-order chi connectivity index (χ1) is 5.90. The van der Waals surface area contributed by atoms with Crippen LogP contribution in [0.15, 0.2) is 17.1 Å². The Balaban J connectivity index is 4.95. The number of nitrogens with zero attached hydrogens (tertiary/aromatic N) is 1. The summed E-state index contributed by atoms with van der Waals surface area (Å²) in [6.07, 6.45) is 1.08. The van der Waals surface area contributed by atoms with E-state index in [0.717, 1.165) is 6.42 Å². The summed E-state index contributed by atoms with van der Waals surface area (Å²) in [6, 6.07) is 0. The van der Waals surface area contributed by atoms with Gasteiger partial charge in [-0.25, -0.2) is 0 Å². The highest BCUT2D eigenvalue weighted by Crippen LogP contribution is 2.35. The van der Waals surface area contributed by atoms with E-state index in [9.17, 15) is 0 Å². The van der Waals surface area contributed by atoms with Crippen molar-refractivity contribution in [1.29, 1.82) is 0 Å². The van der Waals surface area contributed by atoms with E-state index in [1.807, 2.05) is 7.05 Å². The fourth-order valence-corrected chi connectivity index (χ4v) is 1.60. The van der Waals surface area contributed by atoms with Crippen LogP contribution in [0.4, 0.5) is 0 Å². The van der Waals surface area contributed by atoms with Gasteiger partial charge in [0.15, 0.2) is 0 Å². The Labute approximate surface area is 83.0 Å². The SMILES string of the molecule is C=C(C(C)C)C(C)(CC)C(C)=NC. The highest BCUT2D eigenvalue weighted by Gasteiger charge is 2.29. The molecule has 76 valence electrons. The van der Waals surface area contributed by atoms with Crippen LogP contribution in [0.2, 0.25) is 0 Å². The molecule has 0 fully saturated rings. The van der Waals surface area contributed by atoms with Gasteiger partial charge >= 0.3 is 0 Å². The van der Waals surface area contributed by atoms with E-state index in [2.05, 4.69) is 46.2 Å². The van der Waals surface area contributed by atoms with Gasteiger partial charge in [-0.3, -0.25) is 4.99 Å². The summed E-state index contributed by atoms with van der Waals surface area (Å²) >= 11 is 0. The lowest BCUT2D eigenvalue weighted by Crippen LogP contribution is -2.29. The number of hydrogen-bond donors (Lipinski definition) is 0. The number of allylic oxidation sites excluding steroid dienone is 1. The molecule has 0 bridgehead atoms. The smallest absolute Gasteiger partial charge is 0.0276 e. The molecular formula is C12H23N. The average molecular weight is 181 g/mol. The van der Waals surface area contributed by atoms with Gasteiger partial charge in [0.05, 0.1) is 0 Å². The lowest BCUT2D eigenvalue weighted by Gasteiger charge is -2.33. The maximum absolute atomic E-state index is 4.29. The fraction of sp³-hybridized carbons (Fsp3) is 0.750. The second-order valence-electron chi connectivity index (χ2n) is 4.17. The van der Waals surface area contributed by atoms with Gasteiger partial charge in [0.25, 0.3) is 0 Å². The predicted molar refractivity (Wildman–Crippen MR) is 61.4 cm³/mol. The molecule has 0 aliphatic heterocycles. The third-order valence-electron chi connectivity index (χ3n) is 3.25. The van der Waals surface area contributed by atoms with Gasteiger partial charge < -0.3 is 0 Å². The number of hydrogen-bond acceptors (Lipinski definition) is 1. The zero-order chi connectivity index (χ0) is 10.6. The molecule has 0 N–H and O–H groups in total. The van der Waals surface area contributed by atoms with Crippen molar-refractivity contribution >= 4 is 5.71 Å². The Bertz CT molecular complexity index is 213. The molecule has 0 rings (SSSR count). The van der Waals surface area contributed by atoms with E-state index in [-0.39, 0.29) is 5.41 Å². The second kappa shape index (κ2) is 4.59. The lowest BCUT2D eigenvalue weighted by atomic mass is 9.72. The third-order valence-corrected chi connectivity index (χ3v) is 3.25. The molecule has 0 aliphatic rings. The van der Waals surface area contributed by atoms with Crippen molar-refractivity contribution in [2.75, 3.05) is 7.05 Å². The monoisotopic (exact) mass is 181 g/mol. The first kappa shape index (κ1) is 12.4. The summed E-state index contributed by atoms with van der Waals surface area (Å²) in [5.74, 6) is 0.529. The van der Waals surface area contributed by atoms with Crippen LogP contribution in [0.25, 0.3) is 0 Å². The molecule has 0 aromatic carbocycles. The van der Waals surface area contributed by atoms with Gasteiger partial charge in [-0.05, 0) is 19.3 Å². The zero-order valence-electron chi connectivity index (χ0n) is 9.94. The Morgan fingerprint density at radius 1 is 1.46 bits per heavy atom. The largest absolute Gasteiger partial charge is 0.297 e. The maximum atomic E-state index is 4.29. The molecule has 1 unspecified atom stereocenters. The van der Waals surface area contributed by atoms with Gasteiger partial charge in [0.1, 0.15) is 0 Å². The van der Waals surface area contributed by atoms with Crippen LogP contribution in [0, 0.1) is 11.3 Å². The van der Waals surface area contributed by atoms with E-state index >= 15 is 0 Å². The summed E-state index contributed by atoms with van der Waals surface area (Å²) in [5, 5.41) is 0. The van der Waals surface area contributed by atoms with E-state index in [1.54, 1.807) is 0 Å². The van der Waals surface area contributed by atoms with Crippen LogP contribution in [-0.4, -0.2) is 12.8 Å². The highest BCUT2D eigenvalue weighted by atomic mass is 14.7. The Kier molecular flexibility index (Phi) is 4.38. The molecule has 0 saturated heterocycles. The molecule has 0 aliphatic carbocycles. The topological polar surface area (TPSA) is 12.4 Å². The molecule has 1 heteroatoms. The minimum absolute atomic E-state index is 0.0862. The van der Waals surface area contributed by atoms with Crippen molar-refractivity contribution in [3.05, 3.63) is 12.2 Å². The van der Waals surface area contributed by atoms with Crippen LogP contribution in [0.5, 0.6) is 0 Å². The Hall–Kier alpha value is -0.590. The quantitative estimate of drug-likeness (QED) is 0.463. The maximum Gasteiger partial charge on any atom is 0.0276 e. The van der Waals surface area contributed by atoms with Crippen molar-refractivity contribution in [2.45, 2.75) is 41.0 Å². The predicted octanol–water partition coefficient (Wildman–Crippen LogP) is 3.71. The van der Waals surface area contributed by atoms with Crippen molar-refractivity contribution in [2.24, 2.45) is 16.3 Å². The molecule has 0 heterocycles. The molecular weight excluding hydrogens is 158 g/mol. The van der Waals surface area contributed by atoms with E-state index < -0.39 is 0 Å². The highest BCUT2D eigenvalue weighted by molar-refractivity contribution is 5.90. The molecule has 0 spiro atoms. The average Bonchev–Trinajstić information content (AvgIpc) is 2.13. The Morgan fingerprint density at radius 2 is 1.92 bits per heavy atom. The van der Waals surface area contributed by atoms with Crippen molar-refractivity contribution in [1.82, 2.24) is 0 Å². The summed E-state index contributed by atoms with van der Waals surface area (Å²) in [6.45, 7) is 15.1. The van der Waals surface area contributed by atoms with Crippen LogP contribution in [-0.2, 0) is 0 Å². The first-order valence-corrected chi connectivity index (χ1v) is 5.03. The van der Waals surface area contributed by atoms with E-state index in [4.69, 9.17) is 0 Å². The number of rotatable bonds is 4. The molecule has 13 heavy (non-hydrogen) atoms. The van der Waals surface area contributed by atoms with Gasteiger partial charge in [0.2, 0.25) is 0 Å². The molecule has 0 radical (unpaired) electrons. The summed E-state index contributed by atoms with van der Waals surface area (Å²) in [7, 11) is 1.86. The molecule has 0 aromatic heterocycles. The lowest BCUT2D eigenvalue weighted by molar-refractivity contribution is 0.477. The molecule has 0 aromatic rings. The first-order valence-electron chi connectivity index (χ1n) is 5.03. The molecule has 0 amide bonds. The summed E-state index contributed by atoms with van der Waals surface area (Å²) in [4.78, 5) is 4.29. The standard InChI is InChI=1S/C12H23N/c1-8-12(6,11(5)13-7)10(4)9(2)3/h9H,4,8H2,1-3,5-7H3. The van der Waals surface area contributed by atoms with Crippen molar-refractivity contribution < 1.29 is 0 Å². The van der Waals surface area contributed by atoms with Crippen LogP contribution < -0.4 is 0 Å². The molecule has 1 nitrogen and oxygen atoms in total. The fourth-order valence-electron chi connectivity index (χ4n) is 1.60. The van der Waals surface area contributed by atoms with E-state index in [1.165, 1.54) is 11.3 Å². The summed E-state index contributed by atoms with van der Waals surface area (Å²) < 4.78 is 0. The van der Waals surface area contributed by atoms with Gasteiger partial charge in [-0.2, -0.15) is 0 Å². The second-order valence-corrected chi connectivity index (χ2v) is 4.17. The van der Waals surface area contributed by atoms with Crippen molar-refractivity contribution in [3.63, 3.8) is 0 Å². The van der Waals surface area contributed by atoms with Crippen LogP contribution >= 0.6 is 0 Å². The van der Waals surface area contributed by atoms with Gasteiger partial charge in [-0.1, -0.05) is 39.8 Å². The van der Waals surface area contributed by atoms with Crippen molar-refractivity contribution in [3.8, 4) is 0 Å². The minimum atomic E-state index is 0.0862. The number of aliphatic imine (C=N–C) groups is 1. The Morgan fingerprint density at radius 3 is 2.15 bits per heavy atom. The van der Waals surface area contributed by atoms with Gasteiger partial charge in [-0.15, -0.1) is 0 Å². The summed E-state index contributed by atoms with van der Waals surface area (Å²) in [5.41, 5.74) is 2.56. The molecule has 0 saturated carbocycles. The van der Waals surface area contributed by atoms with E-state index in [0.29, 0.717) is 5.92 Å². The minimum Gasteiger partial charge on any atom is -0.297 e. The van der Waals surface area contributed by atoms with Crippen LogP contribution in [0.1, 0.15) is 41.0 Å². The molecule has 1 atom stereocenters. The zero-order valence-corrected chi connectivity index (χ0v) is 9.94. The third kappa shape index (κ3) is 2.43. The van der Waals surface area contributed by atoms with Gasteiger partial charge in [0, 0.05) is 18.2 Å². The van der Waals surface area contributed by atoms with Crippen LogP contribution in [0.3, 0.4) is 0 Å².